The molecule has 0 amide bonds. The number of fused-ring (bicyclic) bond motifs is 3. The lowest BCUT2D eigenvalue weighted by atomic mass is 9.77. The number of rotatable bonds is 2. The number of aliphatic imine (C=N–C) groups is 1. The fraction of sp³-hybridized carbons (Fsp3) is 0.389. The fourth-order valence-corrected chi connectivity index (χ4v) is 3.96. The molecule has 1 spiro atoms. The number of amidine groups is 1. The molecule has 0 radical (unpaired) electrons. The van der Waals surface area contributed by atoms with Crippen molar-refractivity contribution < 1.29 is 35.5 Å². The Labute approximate surface area is 154 Å². The molecule has 2 heterocycles. The van der Waals surface area contributed by atoms with Gasteiger partial charge in [0, 0.05) is 6.20 Å². The van der Waals surface area contributed by atoms with E-state index in [1.54, 1.807) is 0 Å². The van der Waals surface area contributed by atoms with Crippen molar-refractivity contribution in [3.05, 3.63) is 58.5 Å². The highest BCUT2D eigenvalue weighted by Gasteiger charge is 2.48. The number of ether oxygens (including phenoxy) is 1. The average Bonchev–Trinajstić information content (AvgIpc) is 2.96. The quantitative estimate of drug-likeness (QED) is 0.660. The molecule has 0 aromatic heterocycles. The number of hydrogen-bond acceptors (Lipinski definition) is 3. The molecule has 2 aliphatic heterocycles. The van der Waals surface area contributed by atoms with Crippen LogP contribution in [-0.2, 0) is 16.7 Å². The molecule has 0 saturated heterocycles. The van der Waals surface area contributed by atoms with Gasteiger partial charge in [-0.15, -0.1) is 0 Å². The number of allylic oxidation sites excluding steroid dienone is 2. The van der Waals surface area contributed by atoms with Gasteiger partial charge in [-0.25, -0.2) is 8.78 Å². The van der Waals surface area contributed by atoms with Gasteiger partial charge in [0.2, 0.25) is 0 Å². The second kappa shape index (κ2) is 6.25. The van der Waals surface area contributed by atoms with Crippen molar-refractivity contribution in [1.29, 1.82) is 0 Å². The smallest absolute Gasteiger partial charge is 0.417 e. The van der Waals surface area contributed by atoms with Crippen molar-refractivity contribution in [2.75, 3.05) is 6.54 Å². The summed E-state index contributed by atoms with van der Waals surface area (Å²) >= 11 is 0. The third-order valence-corrected chi connectivity index (χ3v) is 5.08. The van der Waals surface area contributed by atoms with E-state index in [2.05, 4.69) is 9.73 Å². The van der Waals surface area contributed by atoms with Crippen molar-refractivity contribution in [1.82, 2.24) is 4.90 Å². The Bertz CT molecular complexity index is 919. The first-order valence-corrected chi connectivity index (χ1v) is 8.40. The Morgan fingerprint density at radius 2 is 1.93 bits per heavy atom. The predicted molar refractivity (Wildman–Crippen MR) is 84.4 cm³/mol. The molecule has 1 atom stereocenters. The largest absolute Gasteiger partial charge is 0.431 e. The minimum atomic E-state index is -4.78. The Hall–Kier alpha value is -2.52. The van der Waals surface area contributed by atoms with Crippen molar-refractivity contribution in [3.63, 3.8) is 0 Å². The maximum Gasteiger partial charge on any atom is 0.417 e. The highest BCUT2D eigenvalue weighted by molar-refractivity contribution is 6.00. The summed E-state index contributed by atoms with van der Waals surface area (Å²) in [6.45, 7) is -3.46. The number of halogens is 7. The molecule has 1 aromatic carbocycles. The molecule has 28 heavy (non-hydrogen) atoms. The first-order chi connectivity index (χ1) is 13.1. The number of hydrogen-bond donors (Lipinski definition) is 0. The molecule has 10 heteroatoms. The van der Waals surface area contributed by atoms with E-state index < -0.39 is 41.3 Å². The van der Waals surface area contributed by atoms with E-state index >= 15 is 0 Å². The van der Waals surface area contributed by atoms with Gasteiger partial charge in [0.25, 0.3) is 0 Å². The summed E-state index contributed by atoms with van der Waals surface area (Å²) < 4.78 is 97.1. The van der Waals surface area contributed by atoms with Crippen LogP contribution in [0.3, 0.4) is 0 Å². The molecule has 4 rings (SSSR count). The van der Waals surface area contributed by atoms with E-state index in [9.17, 15) is 30.7 Å². The van der Waals surface area contributed by atoms with Gasteiger partial charge in [0.05, 0.1) is 12.1 Å². The van der Waals surface area contributed by atoms with Gasteiger partial charge in [-0.05, 0) is 42.5 Å². The van der Waals surface area contributed by atoms with Crippen LogP contribution >= 0.6 is 0 Å². The van der Waals surface area contributed by atoms with Crippen LogP contribution < -0.4 is 0 Å². The highest BCUT2D eigenvalue weighted by atomic mass is 19.4. The number of benzene rings is 1. The van der Waals surface area contributed by atoms with Crippen LogP contribution in [0, 0.1) is 11.6 Å². The minimum absolute atomic E-state index is 0.107. The van der Waals surface area contributed by atoms with Crippen molar-refractivity contribution in [2.24, 2.45) is 4.99 Å². The molecular formula is C18H13F7N2O. The molecule has 150 valence electrons. The van der Waals surface area contributed by atoms with Gasteiger partial charge >= 0.3 is 12.8 Å². The van der Waals surface area contributed by atoms with E-state index in [0.717, 1.165) is 17.2 Å². The first kappa shape index (κ1) is 18.8. The SMILES string of the molecule is Fc1ccc2c(c1F)CCC[C@@]21CN2C=C(C(F)(F)F)C=C(OC(F)F)C2=N1. The summed E-state index contributed by atoms with van der Waals surface area (Å²) in [7, 11) is 0. The van der Waals surface area contributed by atoms with E-state index in [4.69, 9.17) is 0 Å². The maximum atomic E-state index is 14.2. The second-order valence-electron chi connectivity index (χ2n) is 6.81. The van der Waals surface area contributed by atoms with Crippen LogP contribution in [0.25, 0.3) is 0 Å². The zero-order chi connectivity index (χ0) is 20.3. The van der Waals surface area contributed by atoms with Gasteiger partial charge in [-0.2, -0.15) is 22.0 Å². The van der Waals surface area contributed by atoms with Crippen molar-refractivity contribution in [3.8, 4) is 0 Å². The van der Waals surface area contributed by atoms with Crippen LogP contribution in [0.15, 0.2) is 40.7 Å². The highest BCUT2D eigenvalue weighted by Crippen LogP contribution is 2.46. The monoisotopic (exact) mass is 406 g/mol. The lowest BCUT2D eigenvalue weighted by molar-refractivity contribution is -0.0981. The molecule has 0 unspecified atom stereocenters. The Kier molecular flexibility index (Phi) is 4.20. The maximum absolute atomic E-state index is 14.2. The van der Waals surface area contributed by atoms with Crippen LogP contribution in [0.1, 0.15) is 24.0 Å². The van der Waals surface area contributed by atoms with Crippen LogP contribution in [0.5, 0.6) is 0 Å². The Morgan fingerprint density at radius 3 is 2.61 bits per heavy atom. The molecule has 0 N–H and O–H groups in total. The van der Waals surface area contributed by atoms with Gasteiger partial charge in [-0.3, -0.25) is 4.99 Å². The summed E-state index contributed by atoms with van der Waals surface area (Å²) in [6, 6.07) is 2.28. The van der Waals surface area contributed by atoms with E-state index in [1.165, 1.54) is 6.07 Å². The molecule has 0 saturated carbocycles. The summed E-state index contributed by atoms with van der Waals surface area (Å²) in [5.74, 6) is -2.95. The molecule has 0 bridgehead atoms. The second-order valence-corrected chi connectivity index (χ2v) is 6.81. The zero-order valence-corrected chi connectivity index (χ0v) is 14.2. The van der Waals surface area contributed by atoms with Crippen LogP contribution in [0.2, 0.25) is 0 Å². The Balaban J connectivity index is 1.82. The van der Waals surface area contributed by atoms with Gasteiger partial charge in [0.15, 0.2) is 23.2 Å². The standard InChI is InChI=1S/C18H13F7N2O/c19-12-4-3-11-10(14(12)20)2-1-5-17(11)8-27-7-9(18(23,24)25)6-13(15(27)26-17)28-16(21)22/h3-4,6-7,16H,1-2,5,8H2/t17-/m1/s1. The lowest BCUT2D eigenvalue weighted by Gasteiger charge is -2.34. The van der Waals surface area contributed by atoms with E-state index in [0.29, 0.717) is 24.5 Å². The molecule has 0 fully saturated rings. The summed E-state index contributed by atoms with van der Waals surface area (Å²) in [6.07, 6.45) is -2.52. The fourth-order valence-electron chi connectivity index (χ4n) is 3.96. The number of nitrogens with zero attached hydrogens (tertiary/aromatic N) is 2. The minimum Gasteiger partial charge on any atom is -0.431 e. The third-order valence-electron chi connectivity index (χ3n) is 5.08. The predicted octanol–water partition coefficient (Wildman–Crippen LogP) is 4.79. The van der Waals surface area contributed by atoms with Crippen molar-refractivity contribution >= 4 is 5.84 Å². The van der Waals surface area contributed by atoms with Crippen molar-refractivity contribution in [2.45, 2.75) is 37.6 Å². The summed E-state index contributed by atoms with van der Waals surface area (Å²) in [5, 5.41) is 0. The molecule has 3 nitrogen and oxygen atoms in total. The molecule has 1 aromatic rings. The lowest BCUT2D eigenvalue weighted by Crippen LogP contribution is -2.37. The molecule has 3 aliphatic rings. The normalized spacial score (nSPS) is 24.0. The Morgan fingerprint density at radius 1 is 1.18 bits per heavy atom. The van der Waals surface area contributed by atoms with Crippen LogP contribution in [0.4, 0.5) is 30.7 Å². The van der Waals surface area contributed by atoms with Gasteiger partial charge in [-0.1, -0.05) is 6.07 Å². The summed E-state index contributed by atoms with van der Waals surface area (Å²) in [5.41, 5.74) is -1.88. The average molecular weight is 406 g/mol. The van der Waals surface area contributed by atoms with Gasteiger partial charge in [0.1, 0.15) is 5.54 Å². The first-order valence-electron chi connectivity index (χ1n) is 8.40. The summed E-state index contributed by atoms with van der Waals surface area (Å²) in [4.78, 5) is 5.46. The number of alkyl halides is 5. The third kappa shape index (κ3) is 2.94. The topological polar surface area (TPSA) is 24.8 Å². The van der Waals surface area contributed by atoms with Gasteiger partial charge < -0.3 is 9.64 Å². The zero-order valence-electron chi connectivity index (χ0n) is 14.2. The van der Waals surface area contributed by atoms with E-state index in [1.807, 2.05) is 0 Å². The molecule has 1 aliphatic carbocycles. The van der Waals surface area contributed by atoms with Crippen LogP contribution in [-0.4, -0.2) is 30.1 Å². The molecular weight excluding hydrogens is 393 g/mol. The van der Waals surface area contributed by atoms with E-state index in [-0.39, 0.29) is 24.4 Å².